The molecule has 0 saturated heterocycles. The van der Waals surface area contributed by atoms with Crippen molar-refractivity contribution in [1.29, 1.82) is 15.8 Å². The molecule has 1 aromatic rings. The van der Waals surface area contributed by atoms with Crippen molar-refractivity contribution in [1.82, 2.24) is 4.90 Å². The lowest BCUT2D eigenvalue weighted by Gasteiger charge is -2.45. The highest BCUT2D eigenvalue weighted by Crippen LogP contribution is 2.54. The van der Waals surface area contributed by atoms with Gasteiger partial charge in [-0.15, -0.1) is 0 Å². The van der Waals surface area contributed by atoms with Crippen molar-refractivity contribution in [2.45, 2.75) is 12.8 Å². The van der Waals surface area contributed by atoms with Crippen LogP contribution in [0.5, 0.6) is 11.5 Å². The van der Waals surface area contributed by atoms with E-state index in [0.717, 1.165) is 0 Å². The number of nitrogens with zero attached hydrogens (tertiary/aromatic N) is 4. The van der Waals surface area contributed by atoms with Gasteiger partial charge in [0.15, 0.2) is 16.9 Å². The van der Waals surface area contributed by atoms with Crippen molar-refractivity contribution in [3.05, 3.63) is 46.7 Å². The maximum absolute atomic E-state index is 12.4. The Labute approximate surface area is 186 Å². The topological polar surface area (TPSA) is 145 Å². The van der Waals surface area contributed by atoms with Gasteiger partial charge in [0, 0.05) is 24.9 Å². The summed E-state index contributed by atoms with van der Waals surface area (Å²) in [7, 11) is 2.99. The molecule has 164 valence electrons. The predicted octanol–water partition coefficient (Wildman–Crippen LogP) is 2.59. The van der Waals surface area contributed by atoms with Crippen molar-refractivity contribution in [3.8, 4) is 29.7 Å². The first kappa shape index (κ1) is 22.5. The van der Waals surface area contributed by atoms with E-state index < -0.39 is 23.3 Å². The number of hydrogen-bond donors (Lipinski definition) is 1. The van der Waals surface area contributed by atoms with Gasteiger partial charge in [-0.3, -0.25) is 0 Å². The van der Waals surface area contributed by atoms with Crippen molar-refractivity contribution in [3.63, 3.8) is 0 Å². The van der Waals surface area contributed by atoms with Crippen LogP contribution in [0.1, 0.15) is 18.4 Å². The third-order valence-electron chi connectivity index (χ3n) is 5.96. The average molecular weight is 433 g/mol. The SMILES string of the molecule is CCOC(=O)N1CC=C2C(C#N)=C(N)C(C#N)(C#N)[C@@H](c3ccc(OC)c(OC)c3)[C@H]2C1. The summed E-state index contributed by atoms with van der Waals surface area (Å²) in [6.45, 7) is 2.32. The second-order valence-corrected chi connectivity index (χ2v) is 7.39. The number of fused-ring (bicyclic) bond motifs is 1. The van der Waals surface area contributed by atoms with Crippen LogP contribution in [0.25, 0.3) is 0 Å². The molecular weight excluding hydrogens is 410 g/mol. The Morgan fingerprint density at radius 1 is 1.22 bits per heavy atom. The second kappa shape index (κ2) is 8.91. The molecule has 0 radical (unpaired) electrons. The normalized spacial score (nSPS) is 21.2. The quantitative estimate of drug-likeness (QED) is 0.762. The molecule has 32 heavy (non-hydrogen) atoms. The molecule has 0 unspecified atom stereocenters. The summed E-state index contributed by atoms with van der Waals surface area (Å²) in [4.78, 5) is 13.9. The van der Waals surface area contributed by atoms with E-state index in [0.29, 0.717) is 22.6 Å². The fraction of sp³-hybridized carbons (Fsp3) is 0.391. The minimum absolute atomic E-state index is 0.0862. The Kier molecular flexibility index (Phi) is 6.27. The first-order valence-electron chi connectivity index (χ1n) is 9.99. The second-order valence-electron chi connectivity index (χ2n) is 7.39. The van der Waals surface area contributed by atoms with Crippen molar-refractivity contribution >= 4 is 6.09 Å². The Balaban J connectivity index is 2.26. The number of methoxy groups -OCH3 is 2. The molecule has 1 aliphatic heterocycles. The lowest BCUT2D eigenvalue weighted by Crippen LogP contribution is -2.49. The zero-order chi connectivity index (χ0) is 23.5. The van der Waals surface area contributed by atoms with Gasteiger partial charge in [-0.25, -0.2) is 4.79 Å². The molecule has 9 nitrogen and oxygen atoms in total. The van der Waals surface area contributed by atoms with E-state index in [9.17, 15) is 20.6 Å². The standard InChI is InChI=1S/C23H23N5O4/c1-4-32-22(29)28-8-7-15-16(10-24)21(27)23(12-25,13-26)20(17(15)11-28)14-5-6-18(30-2)19(9-14)31-3/h5-7,9,17,20H,4,8,11,27H2,1-3H3/t17-,20-/m0/s1. The Morgan fingerprint density at radius 3 is 2.47 bits per heavy atom. The summed E-state index contributed by atoms with van der Waals surface area (Å²) in [6, 6.07) is 11.3. The molecular formula is C23H23N5O4. The Morgan fingerprint density at radius 2 is 1.91 bits per heavy atom. The van der Waals surface area contributed by atoms with Gasteiger partial charge < -0.3 is 24.8 Å². The fourth-order valence-electron chi connectivity index (χ4n) is 4.47. The van der Waals surface area contributed by atoms with Gasteiger partial charge in [0.05, 0.1) is 44.2 Å². The summed E-state index contributed by atoms with van der Waals surface area (Å²) in [6.07, 6.45) is 1.23. The zero-order valence-electron chi connectivity index (χ0n) is 18.1. The number of ether oxygens (including phenoxy) is 3. The Hall–Kier alpha value is -4.16. The predicted molar refractivity (Wildman–Crippen MR) is 113 cm³/mol. The number of rotatable bonds is 4. The maximum Gasteiger partial charge on any atom is 0.410 e. The minimum Gasteiger partial charge on any atom is -0.493 e. The molecule has 2 aliphatic rings. The van der Waals surface area contributed by atoms with Crippen LogP contribution >= 0.6 is 0 Å². The van der Waals surface area contributed by atoms with E-state index in [1.807, 2.05) is 0 Å². The molecule has 1 heterocycles. The molecule has 2 atom stereocenters. The number of amides is 1. The van der Waals surface area contributed by atoms with Gasteiger partial charge in [0.1, 0.15) is 6.07 Å². The van der Waals surface area contributed by atoms with Crippen molar-refractivity contribution in [2.75, 3.05) is 33.9 Å². The first-order valence-corrected chi connectivity index (χ1v) is 9.99. The fourth-order valence-corrected chi connectivity index (χ4v) is 4.47. The van der Waals surface area contributed by atoms with E-state index in [1.165, 1.54) is 19.1 Å². The summed E-state index contributed by atoms with van der Waals surface area (Å²) < 4.78 is 15.9. The molecule has 0 spiro atoms. The van der Waals surface area contributed by atoms with Gasteiger partial charge in [0.2, 0.25) is 0 Å². The lowest BCUT2D eigenvalue weighted by molar-refractivity contribution is 0.0999. The smallest absolute Gasteiger partial charge is 0.410 e. The van der Waals surface area contributed by atoms with Crippen LogP contribution in [0.4, 0.5) is 4.79 Å². The van der Waals surface area contributed by atoms with Gasteiger partial charge >= 0.3 is 6.09 Å². The number of allylic oxidation sites excluding steroid dienone is 2. The number of nitriles is 3. The van der Waals surface area contributed by atoms with Crippen LogP contribution in [-0.4, -0.2) is 44.9 Å². The molecule has 0 fully saturated rings. The number of carbonyl (C=O) groups excluding carboxylic acids is 1. The van der Waals surface area contributed by atoms with Crippen LogP contribution in [0.3, 0.4) is 0 Å². The number of benzene rings is 1. The van der Waals surface area contributed by atoms with Crippen LogP contribution in [-0.2, 0) is 4.74 Å². The number of hydrogen-bond acceptors (Lipinski definition) is 8. The van der Waals surface area contributed by atoms with E-state index in [-0.39, 0.29) is 31.0 Å². The van der Waals surface area contributed by atoms with Crippen molar-refractivity contribution in [2.24, 2.45) is 17.1 Å². The summed E-state index contributed by atoms with van der Waals surface area (Å²) in [5.41, 5.74) is 5.73. The molecule has 0 bridgehead atoms. The van der Waals surface area contributed by atoms with Gasteiger partial charge in [-0.05, 0) is 30.2 Å². The third-order valence-corrected chi connectivity index (χ3v) is 5.96. The molecule has 0 saturated carbocycles. The maximum atomic E-state index is 12.4. The molecule has 0 aromatic heterocycles. The molecule has 1 aliphatic carbocycles. The van der Waals surface area contributed by atoms with E-state index >= 15 is 0 Å². The highest BCUT2D eigenvalue weighted by atomic mass is 16.6. The Bertz CT molecular complexity index is 1100. The highest BCUT2D eigenvalue weighted by molar-refractivity contribution is 5.69. The van der Waals surface area contributed by atoms with Crippen LogP contribution < -0.4 is 15.2 Å². The molecule has 1 amide bonds. The lowest BCUT2D eigenvalue weighted by atomic mass is 9.58. The monoisotopic (exact) mass is 433 g/mol. The van der Waals surface area contributed by atoms with E-state index in [2.05, 4.69) is 18.2 Å². The van der Waals surface area contributed by atoms with Crippen LogP contribution in [0.2, 0.25) is 0 Å². The largest absolute Gasteiger partial charge is 0.493 e. The van der Waals surface area contributed by atoms with Gasteiger partial charge in [-0.1, -0.05) is 12.1 Å². The highest BCUT2D eigenvalue weighted by Gasteiger charge is 2.55. The molecule has 9 heteroatoms. The summed E-state index contributed by atoms with van der Waals surface area (Å²) in [5, 5.41) is 30.1. The van der Waals surface area contributed by atoms with Crippen molar-refractivity contribution < 1.29 is 19.0 Å². The summed E-state index contributed by atoms with van der Waals surface area (Å²) >= 11 is 0. The minimum atomic E-state index is -1.82. The first-order chi connectivity index (χ1) is 15.4. The molecule has 1 aromatic carbocycles. The van der Waals surface area contributed by atoms with Gasteiger partial charge in [-0.2, -0.15) is 15.8 Å². The molecule has 3 rings (SSSR count). The van der Waals surface area contributed by atoms with E-state index in [4.69, 9.17) is 19.9 Å². The summed E-state index contributed by atoms with van der Waals surface area (Å²) in [5.74, 6) is -0.391. The zero-order valence-corrected chi connectivity index (χ0v) is 18.1. The van der Waals surface area contributed by atoms with Crippen LogP contribution in [0, 0.1) is 45.3 Å². The third kappa shape index (κ3) is 3.36. The average Bonchev–Trinajstić information content (AvgIpc) is 2.82. The number of nitrogens with two attached hydrogens (primary N) is 1. The van der Waals surface area contributed by atoms with E-state index in [1.54, 1.807) is 31.2 Å². The van der Waals surface area contributed by atoms with Crippen LogP contribution in [0.15, 0.2) is 41.1 Å². The molecule has 2 N–H and O–H groups in total. The van der Waals surface area contributed by atoms with Gasteiger partial charge in [0.25, 0.3) is 0 Å². The number of carbonyl (C=O) groups is 1.